The fraction of sp³-hybridized carbons (Fsp3) is 0.364. The second kappa shape index (κ2) is 6.34. The zero-order valence-corrected chi connectivity index (χ0v) is 11.3. The van der Waals surface area contributed by atoms with Gasteiger partial charge in [0.25, 0.3) is 5.91 Å². The smallest absolute Gasteiger partial charge is 0.255 e. The van der Waals surface area contributed by atoms with Crippen LogP contribution in [0.2, 0.25) is 0 Å². The maximum absolute atomic E-state index is 12.0. The standard InChI is InChI=1S/C11H14BrN3O2/c1-3-15(7-10(16)13-2)11(17)8-4-5-9(12)14-6-8/h4-6H,3,7H2,1-2H3,(H,13,16). The largest absolute Gasteiger partial charge is 0.358 e. The number of rotatable bonds is 4. The molecule has 1 heterocycles. The number of hydrogen-bond donors (Lipinski definition) is 1. The van der Waals surface area contributed by atoms with Gasteiger partial charge in [-0.05, 0) is 35.0 Å². The summed E-state index contributed by atoms with van der Waals surface area (Å²) < 4.78 is 0.670. The van der Waals surface area contributed by atoms with Crippen molar-refractivity contribution in [2.75, 3.05) is 20.1 Å². The molecule has 0 saturated carbocycles. The Balaban J connectivity index is 2.78. The monoisotopic (exact) mass is 299 g/mol. The highest BCUT2D eigenvalue weighted by atomic mass is 79.9. The minimum atomic E-state index is -0.198. The number of aromatic nitrogens is 1. The number of carbonyl (C=O) groups excluding carboxylic acids is 2. The lowest BCUT2D eigenvalue weighted by atomic mass is 10.2. The zero-order valence-electron chi connectivity index (χ0n) is 9.74. The van der Waals surface area contributed by atoms with Crippen molar-refractivity contribution in [2.24, 2.45) is 0 Å². The van der Waals surface area contributed by atoms with E-state index in [1.54, 1.807) is 19.2 Å². The molecule has 6 heteroatoms. The van der Waals surface area contributed by atoms with Gasteiger partial charge in [0.05, 0.1) is 12.1 Å². The molecular weight excluding hydrogens is 286 g/mol. The summed E-state index contributed by atoms with van der Waals surface area (Å²) in [6.45, 7) is 2.36. The summed E-state index contributed by atoms with van der Waals surface area (Å²) in [6.07, 6.45) is 1.49. The molecule has 0 bridgehead atoms. The molecule has 0 radical (unpaired) electrons. The van der Waals surface area contributed by atoms with Gasteiger partial charge in [0.2, 0.25) is 5.91 Å². The molecule has 17 heavy (non-hydrogen) atoms. The number of nitrogens with one attached hydrogen (secondary N) is 1. The van der Waals surface area contributed by atoms with Crippen molar-refractivity contribution >= 4 is 27.7 Å². The lowest BCUT2D eigenvalue weighted by Gasteiger charge is -2.19. The molecule has 0 aliphatic heterocycles. The van der Waals surface area contributed by atoms with Crippen molar-refractivity contribution in [3.63, 3.8) is 0 Å². The minimum absolute atomic E-state index is 0.0574. The number of hydrogen-bond acceptors (Lipinski definition) is 3. The number of nitrogens with zero attached hydrogens (tertiary/aromatic N) is 2. The van der Waals surface area contributed by atoms with E-state index in [9.17, 15) is 9.59 Å². The van der Waals surface area contributed by atoms with Crippen LogP contribution in [0.25, 0.3) is 0 Å². The maximum atomic E-state index is 12.0. The van der Waals surface area contributed by atoms with Crippen LogP contribution in [0.1, 0.15) is 17.3 Å². The van der Waals surface area contributed by atoms with Crippen molar-refractivity contribution in [2.45, 2.75) is 6.92 Å². The minimum Gasteiger partial charge on any atom is -0.358 e. The summed E-state index contributed by atoms with van der Waals surface area (Å²) >= 11 is 3.20. The van der Waals surface area contributed by atoms with Crippen molar-refractivity contribution in [3.05, 3.63) is 28.5 Å². The molecule has 0 fully saturated rings. The van der Waals surface area contributed by atoms with Crippen molar-refractivity contribution in [3.8, 4) is 0 Å². The van der Waals surface area contributed by atoms with Gasteiger partial charge in [0.1, 0.15) is 4.60 Å². The van der Waals surface area contributed by atoms with E-state index >= 15 is 0 Å². The second-order valence-electron chi connectivity index (χ2n) is 3.36. The van der Waals surface area contributed by atoms with Gasteiger partial charge in [-0.3, -0.25) is 9.59 Å². The van der Waals surface area contributed by atoms with Gasteiger partial charge < -0.3 is 10.2 Å². The molecule has 0 aliphatic rings. The molecule has 0 atom stereocenters. The molecule has 0 aromatic carbocycles. The first-order valence-electron chi connectivity index (χ1n) is 5.20. The van der Waals surface area contributed by atoms with Crippen LogP contribution in [0.5, 0.6) is 0 Å². The predicted molar refractivity (Wildman–Crippen MR) is 67.6 cm³/mol. The summed E-state index contributed by atoms with van der Waals surface area (Å²) in [5.74, 6) is -0.388. The summed E-state index contributed by atoms with van der Waals surface area (Å²) in [6, 6.07) is 3.37. The Labute approximate surface area is 108 Å². The highest BCUT2D eigenvalue weighted by molar-refractivity contribution is 9.10. The van der Waals surface area contributed by atoms with Crippen molar-refractivity contribution < 1.29 is 9.59 Å². The maximum Gasteiger partial charge on any atom is 0.255 e. The summed E-state index contributed by atoms with van der Waals surface area (Å²) in [5.41, 5.74) is 0.471. The van der Waals surface area contributed by atoms with Crippen LogP contribution in [0.3, 0.4) is 0 Å². The first-order valence-corrected chi connectivity index (χ1v) is 5.99. The van der Waals surface area contributed by atoms with E-state index in [4.69, 9.17) is 0 Å². The number of carbonyl (C=O) groups is 2. The Morgan fingerprint density at radius 3 is 2.65 bits per heavy atom. The van der Waals surface area contributed by atoms with Crippen LogP contribution in [0.15, 0.2) is 22.9 Å². The molecular formula is C11H14BrN3O2. The van der Waals surface area contributed by atoms with Crippen molar-refractivity contribution in [1.29, 1.82) is 0 Å². The molecule has 0 aliphatic carbocycles. The van der Waals surface area contributed by atoms with Gasteiger partial charge in [0, 0.05) is 19.8 Å². The number of halogens is 1. The van der Waals surface area contributed by atoms with Gasteiger partial charge in [-0.1, -0.05) is 0 Å². The third kappa shape index (κ3) is 3.81. The molecule has 1 N–H and O–H groups in total. The van der Waals surface area contributed by atoms with Gasteiger partial charge in [-0.2, -0.15) is 0 Å². The average molecular weight is 300 g/mol. The van der Waals surface area contributed by atoms with E-state index in [0.717, 1.165) is 0 Å². The second-order valence-corrected chi connectivity index (χ2v) is 4.17. The third-order valence-corrected chi connectivity index (χ3v) is 2.73. The highest BCUT2D eigenvalue weighted by Crippen LogP contribution is 2.08. The van der Waals surface area contributed by atoms with Crippen LogP contribution < -0.4 is 5.32 Å². The molecule has 0 unspecified atom stereocenters. The van der Waals surface area contributed by atoms with Gasteiger partial charge in [-0.15, -0.1) is 0 Å². The van der Waals surface area contributed by atoms with Crippen LogP contribution in [-0.4, -0.2) is 41.8 Å². The van der Waals surface area contributed by atoms with Gasteiger partial charge >= 0.3 is 0 Å². The Hall–Kier alpha value is -1.43. The SMILES string of the molecule is CCN(CC(=O)NC)C(=O)c1ccc(Br)nc1. The van der Waals surface area contributed by atoms with Crippen LogP contribution in [0.4, 0.5) is 0 Å². The molecule has 0 saturated heterocycles. The number of amides is 2. The lowest BCUT2D eigenvalue weighted by molar-refractivity contribution is -0.121. The molecule has 0 spiro atoms. The normalized spacial score (nSPS) is 9.82. The Bertz CT molecular complexity index is 406. The average Bonchev–Trinajstić information content (AvgIpc) is 2.35. The Morgan fingerprint density at radius 1 is 1.47 bits per heavy atom. The molecule has 1 rings (SSSR count). The summed E-state index contributed by atoms with van der Waals surface area (Å²) in [7, 11) is 1.54. The molecule has 92 valence electrons. The van der Waals surface area contributed by atoms with E-state index < -0.39 is 0 Å². The zero-order chi connectivity index (χ0) is 12.8. The fourth-order valence-corrected chi connectivity index (χ4v) is 1.50. The topological polar surface area (TPSA) is 62.3 Å². The number of likely N-dealkylation sites (N-methyl/N-ethyl adjacent to an activating group) is 2. The van der Waals surface area contributed by atoms with E-state index in [1.165, 1.54) is 11.1 Å². The highest BCUT2D eigenvalue weighted by Gasteiger charge is 2.16. The van der Waals surface area contributed by atoms with E-state index in [0.29, 0.717) is 16.7 Å². The van der Waals surface area contributed by atoms with E-state index in [-0.39, 0.29) is 18.4 Å². The number of pyridine rings is 1. The van der Waals surface area contributed by atoms with Crippen LogP contribution >= 0.6 is 15.9 Å². The van der Waals surface area contributed by atoms with Gasteiger partial charge in [0.15, 0.2) is 0 Å². The quantitative estimate of drug-likeness (QED) is 0.846. The predicted octanol–water partition coefficient (Wildman–Crippen LogP) is 1.05. The first-order chi connectivity index (χ1) is 8.08. The van der Waals surface area contributed by atoms with Crippen LogP contribution in [-0.2, 0) is 4.79 Å². The van der Waals surface area contributed by atoms with E-state index in [2.05, 4.69) is 26.2 Å². The molecule has 5 nitrogen and oxygen atoms in total. The fourth-order valence-electron chi connectivity index (χ4n) is 1.26. The first kappa shape index (κ1) is 13.6. The molecule has 1 aromatic rings. The Kier molecular flexibility index (Phi) is 5.09. The third-order valence-electron chi connectivity index (χ3n) is 2.26. The van der Waals surface area contributed by atoms with E-state index in [1.807, 2.05) is 6.92 Å². The summed E-state index contributed by atoms with van der Waals surface area (Å²) in [5, 5.41) is 2.49. The van der Waals surface area contributed by atoms with Gasteiger partial charge in [-0.25, -0.2) is 4.98 Å². The van der Waals surface area contributed by atoms with Crippen LogP contribution in [0, 0.1) is 0 Å². The Morgan fingerprint density at radius 2 is 2.18 bits per heavy atom. The summed E-state index contributed by atoms with van der Waals surface area (Å²) in [4.78, 5) is 28.7. The lowest BCUT2D eigenvalue weighted by Crippen LogP contribution is -2.39. The molecule has 2 amide bonds. The molecule has 1 aromatic heterocycles. The van der Waals surface area contributed by atoms with Crippen molar-refractivity contribution in [1.82, 2.24) is 15.2 Å².